The third kappa shape index (κ3) is 3.22. The normalized spacial score (nSPS) is 24.8. The van der Waals surface area contributed by atoms with Crippen molar-refractivity contribution in [2.24, 2.45) is 5.92 Å². The van der Waals surface area contributed by atoms with Crippen molar-refractivity contribution in [2.75, 3.05) is 13.1 Å². The number of sulfonamides is 1. The van der Waals surface area contributed by atoms with Crippen LogP contribution in [0.4, 0.5) is 0 Å². The van der Waals surface area contributed by atoms with Gasteiger partial charge in [0.15, 0.2) is 0 Å². The van der Waals surface area contributed by atoms with Gasteiger partial charge in [0.25, 0.3) is 0 Å². The van der Waals surface area contributed by atoms with Gasteiger partial charge in [0.05, 0.1) is 11.0 Å². The number of piperidine rings is 1. The van der Waals surface area contributed by atoms with E-state index in [1.54, 1.807) is 12.1 Å². The van der Waals surface area contributed by atoms with E-state index in [4.69, 9.17) is 0 Å². The van der Waals surface area contributed by atoms with Crippen molar-refractivity contribution in [3.8, 4) is 0 Å². The Morgan fingerprint density at radius 1 is 1.30 bits per heavy atom. The van der Waals surface area contributed by atoms with E-state index < -0.39 is 16.1 Å². The molecule has 112 valence electrons. The number of benzene rings is 1. The molecule has 20 heavy (non-hydrogen) atoms. The summed E-state index contributed by atoms with van der Waals surface area (Å²) in [6.45, 7) is 4.73. The van der Waals surface area contributed by atoms with Gasteiger partial charge in [0.1, 0.15) is 0 Å². The van der Waals surface area contributed by atoms with Crippen LogP contribution in [0.2, 0.25) is 0 Å². The Morgan fingerprint density at radius 2 is 1.95 bits per heavy atom. The lowest BCUT2D eigenvalue weighted by Gasteiger charge is -2.33. The van der Waals surface area contributed by atoms with Crippen LogP contribution in [0.15, 0.2) is 29.2 Å². The summed E-state index contributed by atoms with van der Waals surface area (Å²) in [6.07, 6.45) is 2.13. The molecule has 1 heterocycles. The molecule has 1 aliphatic rings. The quantitative estimate of drug-likeness (QED) is 0.925. The molecular weight excluding hydrogens is 274 g/mol. The largest absolute Gasteiger partial charge is 0.391 e. The highest BCUT2D eigenvalue weighted by atomic mass is 32.2. The van der Waals surface area contributed by atoms with E-state index in [-0.39, 0.29) is 12.5 Å². The summed E-state index contributed by atoms with van der Waals surface area (Å²) in [7, 11) is -3.48. The fourth-order valence-electron chi connectivity index (χ4n) is 2.50. The van der Waals surface area contributed by atoms with Crippen LogP contribution in [-0.4, -0.2) is 37.0 Å². The van der Waals surface area contributed by atoms with Crippen molar-refractivity contribution >= 4 is 10.0 Å². The molecule has 0 amide bonds. The first-order valence-corrected chi connectivity index (χ1v) is 8.66. The first kappa shape index (κ1) is 15.5. The van der Waals surface area contributed by atoms with Gasteiger partial charge in [0.2, 0.25) is 10.0 Å². The highest BCUT2D eigenvalue weighted by Gasteiger charge is 2.32. The Balaban J connectivity index is 2.17. The summed E-state index contributed by atoms with van der Waals surface area (Å²) in [6, 6.07) is 7.09. The van der Waals surface area contributed by atoms with Gasteiger partial charge in [-0.3, -0.25) is 0 Å². The van der Waals surface area contributed by atoms with Crippen molar-refractivity contribution in [3.63, 3.8) is 0 Å². The maximum atomic E-state index is 12.5. The van der Waals surface area contributed by atoms with Gasteiger partial charge < -0.3 is 5.11 Å². The molecule has 1 N–H and O–H groups in total. The molecule has 0 bridgehead atoms. The van der Waals surface area contributed by atoms with Crippen LogP contribution >= 0.6 is 0 Å². The molecule has 1 saturated heterocycles. The zero-order chi connectivity index (χ0) is 14.8. The number of rotatable bonds is 4. The maximum Gasteiger partial charge on any atom is 0.243 e. The second-order valence-corrected chi connectivity index (χ2v) is 7.53. The van der Waals surface area contributed by atoms with Crippen LogP contribution in [-0.2, 0) is 16.4 Å². The average molecular weight is 297 g/mol. The Bertz CT molecular complexity index is 539. The summed E-state index contributed by atoms with van der Waals surface area (Å²) in [5, 5.41) is 9.87. The molecule has 4 nitrogen and oxygen atoms in total. The topological polar surface area (TPSA) is 57.6 Å². The summed E-state index contributed by atoms with van der Waals surface area (Å²) in [5.74, 6) is 0.161. The third-order valence-corrected chi connectivity index (χ3v) is 5.86. The van der Waals surface area contributed by atoms with E-state index >= 15 is 0 Å². The highest BCUT2D eigenvalue weighted by Crippen LogP contribution is 2.24. The lowest BCUT2D eigenvalue weighted by Crippen LogP contribution is -2.45. The molecule has 1 aromatic carbocycles. The van der Waals surface area contributed by atoms with Crippen molar-refractivity contribution in [1.82, 2.24) is 4.31 Å². The minimum absolute atomic E-state index is 0.161. The van der Waals surface area contributed by atoms with E-state index in [9.17, 15) is 13.5 Å². The predicted molar refractivity (Wildman–Crippen MR) is 79.0 cm³/mol. The minimum atomic E-state index is -3.48. The number of hydrogen-bond acceptors (Lipinski definition) is 3. The number of nitrogens with zero attached hydrogens (tertiary/aromatic N) is 1. The summed E-state index contributed by atoms with van der Waals surface area (Å²) >= 11 is 0. The lowest BCUT2D eigenvalue weighted by atomic mass is 9.98. The maximum absolute atomic E-state index is 12.5. The van der Waals surface area contributed by atoms with E-state index in [1.807, 2.05) is 19.1 Å². The molecular formula is C15H23NO3S. The first-order chi connectivity index (χ1) is 9.45. The summed E-state index contributed by atoms with van der Waals surface area (Å²) in [4.78, 5) is 0.319. The zero-order valence-corrected chi connectivity index (χ0v) is 12.9. The van der Waals surface area contributed by atoms with Crippen LogP contribution < -0.4 is 0 Å². The van der Waals surface area contributed by atoms with Gasteiger partial charge in [-0.15, -0.1) is 0 Å². The second-order valence-electron chi connectivity index (χ2n) is 5.59. The third-order valence-electron chi connectivity index (χ3n) is 3.98. The van der Waals surface area contributed by atoms with Gasteiger partial charge in [-0.1, -0.05) is 32.4 Å². The average Bonchev–Trinajstić information content (AvgIpc) is 2.43. The highest BCUT2D eigenvalue weighted by molar-refractivity contribution is 7.89. The van der Waals surface area contributed by atoms with Gasteiger partial charge in [0, 0.05) is 13.1 Å². The van der Waals surface area contributed by atoms with Crippen LogP contribution in [0.3, 0.4) is 0 Å². The summed E-state index contributed by atoms with van der Waals surface area (Å²) in [5.41, 5.74) is 1.15. The standard InChI is InChI=1S/C15H23NO3S/c1-3-4-13-5-7-14(8-6-13)20(18,19)16-10-9-12(2)15(17)11-16/h5-8,12,15,17H,3-4,9-11H2,1-2H3. The molecule has 1 fully saturated rings. The minimum Gasteiger partial charge on any atom is -0.391 e. The van der Waals surface area contributed by atoms with Crippen LogP contribution in [0.5, 0.6) is 0 Å². The molecule has 0 radical (unpaired) electrons. The molecule has 0 aliphatic carbocycles. The van der Waals surface area contributed by atoms with Crippen molar-refractivity contribution in [1.29, 1.82) is 0 Å². The van der Waals surface area contributed by atoms with Crippen molar-refractivity contribution < 1.29 is 13.5 Å². The lowest BCUT2D eigenvalue weighted by molar-refractivity contribution is 0.0605. The SMILES string of the molecule is CCCc1ccc(S(=O)(=O)N2CCC(C)C(O)C2)cc1. The van der Waals surface area contributed by atoms with Crippen molar-refractivity contribution in [2.45, 2.75) is 44.1 Å². The molecule has 5 heteroatoms. The first-order valence-electron chi connectivity index (χ1n) is 7.22. The molecule has 0 saturated carbocycles. The molecule has 2 unspecified atom stereocenters. The monoisotopic (exact) mass is 297 g/mol. The number of aliphatic hydroxyl groups excluding tert-OH is 1. The Hall–Kier alpha value is -0.910. The Labute approximate surface area is 121 Å². The van der Waals surface area contributed by atoms with E-state index in [0.29, 0.717) is 17.9 Å². The van der Waals surface area contributed by atoms with Gasteiger partial charge in [-0.25, -0.2) is 8.42 Å². The predicted octanol–water partition coefficient (Wildman–Crippen LogP) is 2.03. The van der Waals surface area contributed by atoms with Crippen LogP contribution in [0, 0.1) is 5.92 Å². The molecule has 1 aromatic rings. The Kier molecular flexibility index (Phi) is 4.83. The fraction of sp³-hybridized carbons (Fsp3) is 0.600. The van der Waals surface area contributed by atoms with Crippen molar-refractivity contribution in [3.05, 3.63) is 29.8 Å². The molecule has 0 aromatic heterocycles. The van der Waals surface area contributed by atoms with E-state index in [1.165, 1.54) is 4.31 Å². The number of aliphatic hydroxyl groups is 1. The molecule has 2 rings (SSSR count). The fourth-order valence-corrected chi connectivity index (χ4v) is 3.98. The van der Waals surface area contributed by atoms with Gasteiger partial charge in [-0.2, -0.15) is 4.31 Å². The van der Waals surface area contributed by atoms with E-state index in [2.05, 4.69) is 6.92 Å². The zero-order valence-electron chi connectivity index (χ0n) is 12.1. The molecule has 1 aliphatic heterocycles. The number of β-amino-alcohol motifs (C(OH)–C–C–N with tert-alkyl or cyclic N) is 1. The van der Waals surface area contributed by atoms with Crippen LogP contribution in [0.1, 0.15) is 32.3 Å². The molecule has 0 spiro atoms. The Morgan fingerprint density at radius 3 is 2.50 bits per heavy atom. The van der Waals surface area contributed by atoms with Gasteiger partial charge in [-0.05, 0) is 36.5 Å². The number of aryl methyl sites for hydroxylation is 1. The van der Waals surface area contributed by atoms with Gasteiger partial charge >= 0.3 is 0 Å². The molecule has 2 atom stereocenters. The van der Waals surface area contributed by atoms with E-state index in [0.717, 1.165) is 18.4 Å². The second kappa shape index (κ2) is 6.24. The van der Waals surface area contributed by atoms with Crippen LogP contribution in [0.25, 0.3) is 0 Å². The summed E-state index contributed by atoms with van der Waals surface area (Å²) < 4.78 is 26.4. The smallest absolute Gasteiger partial charge is 0.243 e. The number of hydrogen-bond donors (Lipinski definition) is 1.